The van der Waals surface area contributed by atoms with E-state index >= 15 is 0 Å². The minimum atomic E-state index is -0.163. The van der Waals surface area contributed by atoms with E-state index in [9.17, 15) is 4.79 Å². The molecule has 0 aliphatic rings. The average molecular weight is 320 g/mol. The molecule has 1 heterocycles. The lowest BCUT2D eigenvalue weighted by Crippen LogP contribution is -2.26. The molecular formula is C14H14BrN3O. The highest BCUT2D eigenvalue weighted by atomic mass is 79.9. The lowest BCUT2D eigenvalue weighted by molar-refractivity contribution is 0.0940. The van der Waals surface area contributed by atoms with Crippen molar-refractivity contribution in [2.45, 2.75) is 13.0 Å². The van der Waals surface area contributed by atoms with Gasteiger partial charge in [-0.2, -0.15) is 0 Å². The van der Waals surface area contributed by atoms with Gasteiger partial charge in [-0.15, -0.1) is 0 Å². The van der Waals surface area contributed by atoms with Crippen LogP contribution in [-0.2, 0) is 0 Å². The lowest BCUT2D eigenvalue weighted by Gasteiger charge is -2.14. The van der Waals surface area contributed by atoms with Crippen molar-refractivity contribution in [2.24, 2.45) is 0 Å². The number of carbonyl (C=O) groups excluding carboxylic acids is 1. The largest absolute Gasteiger partial charge is 0.399 e. The SMILES string of the molecule is C[C@H](NC(=O)c1cc(N)cc(Br)c1)c1cccnc1. The fraction of sp³-hybridized carbons (Fsp3) is 0.143. The van der Waals surface area contributed by atoms with Crippen LogP contribution in [0.4, 0.5) is 5.69 Å². The van der Waals surface area contributed by atoms with Crippen LogP contribution >= 0.6 is 15.9 Å². The van der Waals surface area contributed by atoms with Gasteiger partial charge in [0.2, 0.25) is 0 Å². The van der Waals surface area contributed by atoms with Gasteiger partial charge in [-0.25, -0.2) is 0 Å². The van der Waals surface area contributed by atoms with E-state index in [4.69, 9.17) is 5.73 Å². The molecule has 4 nitrogen and oxygen atoms in total. The van der Waals surface area contributed by atoms with Crippen LogP contribution in [0.25, 0.3) is 0 Å². The minimum absolute atomic E-state index is 0.110. The normalized spacial score (nSPS) is 11.9. The monoisotopic (exact) mass is 319 g/mol. The summed E-state index contributed by atoms with van der Waals surface area (Å²) in [5.74, 6) is -0.163. The Hall–Kier alpha value is -1.88. The van der Waals surface area contributed by atoms with Crippen molar-refractivity contribution in [2.75, 3.05) is 5.73 Å². The topological polar surface area (TPSA) is 68.0 Å². The highest BCUT2D eigenvalue weighted by molar-refractivity contribution is 9.10. The van der Waals surface area contributed by atoms with Crippen LogP contribution in [0.15, 0.2) is 47.2 Å². The summed E-state index contributed by atoms with van der Waals surface area (Å²) in [4.78, 5) is 16.2. The van der Waals surface area contributed by atoms with Crippen LogP contribution in [0.2, 0.25) is 0 Å². The van der Waals surface area contributed by atoms with Gasteiger partial charge in [-0.3, -0.25) is 9.78 Å². The van der Waals surface area contributed by atoms with Crippen molar-refractivity contribution in [3.05, 3.63) is 58.3 Å². The van der Waals surface area contributed by atoms with Crippen molar-refractivity contribution >= 4 is 27.5 Å². The van der Waals surface area contributed by atoms with E-state index in [1.54, 1.807) is 30.6 Å². The number of amides is 1. The fourth-order valence-corrected chi connectivity index (χ4v) is 2.25. The van der Waals surface area contributed by atoms with Gasteiger partial charge in [-0.05, 0) is 36.8 Å². The Labute approximate surface area is 120 Å². The van der Waals surface area contributed by atoms with Gasteiger partial charge in [0.25, 0.3) is 5.91 Å². The number of aromatic nitrogens is 1. The maximum Gasteiger partial charge on any atom is 0.251 e. The van der Waals surface area contributed by atoms with Gasteiger partial charge in [-0.1, -0.05) is 22.0 Å². The molecule has 1 amide bonds. The predicted octanol–water partition coefficient (Wildman–Crippen LogP) is 2.92. The first-order valence-corrected chi connectivity index (χ1v) is 6.62. The minimum Gasteiger partial charge on any atom is -0.399 e. The van der Waals surface area contributed by atoms with E-state index in [0.29, 0.717) is 11.3 Å². The standard InChI is InChI=1S/C14H14BrN3O/c1-9(10-3-2-4-17-8-10)18-14(19)11-5-12(15)7-13(16)6-11/h2-9H,16H2,1H3,(H,18,19)/t9-/m0/s1. The van der Waals surface area contributed by atoms with Crippen LogP contribution in [0.5, 0.6) is 0 Å². The highest BCUT2D eigenvalue weighted by Crippen LogP contribution is 2.18. The first-order chi connectivity index (χ1) is 9.06. The van der Waals surface area contributed by atoms with E-state index in [0.717, 1.165) is 10.0 Å². The predicted molar refractivity (Wildman–Crippen MR) is 78.7 cm³/mol. The zero-order valence-corrected chi connectivity index (χ0v) is 12.0. The number of nitrogens with one attached hydrogen (secondary N) is 1. The molecule has 0 aliphatic carbocycles. The third kappa shape index (κ3) is 3.54. The first kappa shape index (κ1) is 13.5. The van der Waals surface area contributed by atoms with Gasteiger partial charge in [0.15, 0.2) is 0 Å². The van der Waals surface area contributed by atoms with Crippen LogP contribution in [0, 0.1) is 0 Å². The number of hydrogen-bond acceptors (Lipinski definition) is 3. The van der Waals surface area contributed by atoms with Crippen LogP contribution < -0.4 is 11.1 Å². The summed E-state index contributed by atoms with van der Waals surface area (Å²) in [5.41, 5.74) is 7.76. The zero-order chi connectivity index (χ0) is 13.8. The number of hydrogen-bond donors (Lipinski definition) is 2. The summed E-state index contributed by atoms with van der Waals surface area (Å²) in [6.45, 7) is 1.91. The van der Waals surface area contributed by atoms with Crippen molar-refractivity contribution in [3.63, 3.8) is 0 Å². The Morgan fingerprint density at radius 3 is 2.84 bits per heavy atom. The lowest BCUT2D eigenvalue weighted by atomic mass is 10.1. The molecule has 5 heteroatoms. The van der Waals surface area contributed by atoms with Crippen molar-refractivity contribution in [1.82, 2.24) is 10.3 Å². The molecular weight excluding hydrogens is 306 g/mol. The Morgan fingerprint density at radius 2 is 2.21 bits per heavy atom. The molecule has 0 radical (unpaired) electrons. The van der Waals surface area contributed by atoms with Gasteiger partial charge < -0.3 is 11.1 Å². The van der Waals surface area contributed by atoms with E-state index < -0.39 is 0 Å². The van der Waals surface area contributed by atoms with Gasteiger partial charge in [0.05, 0.1) is 6.04 Å². The molecule has 98 valence electrons. The van der Waals surface area contributed by atoms with Gasteiger partial charge in [0.1, 0.15) is 0 Å². The second-order valence-electron chi connectivity index (χ2n) is 4.25. The summed E-state index contributed by atoms with van der Waals surface area (Å²) in [5, 5.41) is 2.91. The molecule has 0 bridgehead atoms. The number of rotatable bonds is 3. The zero-order valence-electron chi connectivity index (χ0n) is 10.4. The second kappa shape index (κ2) is 5.84. The summed E-state index contributed by atoms with van der Waals surface area (Å²) in [7, 11) is 0. The fourth-order valence-electron chi connectivity index (χ4n) is 1.74. The van der Waals surface area contributed by atoms with Crippen LogP contribution in [0.3, 0.4) is 0 Å². The molecule has 1 aromatic carbocycles. The Balaban J connectivity index is 2.13. The summed E-state index contributed by atoms with van der Waals surface area (Å²) in [6, 6.07) is 8.79. The molecule has 0 fully saturated rings. The number of nitrogens with two attached hydrogens (primary N) is 1. The van der Waals surface area contributed by atoms with Gasteiger partial charge >= 0.3 is 0 Å². The Kier molecular flexibility index (Phi) is 4.16. The Morgan fingerprint density at radius 1 is 1.42 bits per heavy atom. The molecule has 0 aliphatic heterocycles. The van der Waals surface area contributed by atoms with E-state index in [-0.39, 0.29) is 11.9 Å². The van der Waals surface area contributed by atoms with E-state index in [1.807, 2.05) is 19.1 Å². The summed E-state index contributed by atoms with van der Waals surface area (Å²) >= 11 is 3.32. The number of pyridine rings is 1. The quantitative estimate of drug-likeness (QED) is 0.855. The summed E-state index contributed by atoms with van der Waals surface area (Å²) in [6.07, 6.45) is 3.44. The number of anilines is 1. The number of benzene rings is 1. The smallest absolute Gasteiger partial charge is 0.251 e. The number of nitrogen functional groups attached to an aromatic ring is 1. The molecule has 0 unspecified atom stereocenters. The molecule has 0 saturated carbocycles. The second-order valence-corrected chi connectivity index (χ2v) is 5.17. The third-order valence-electron chi connectivity index (χ3n) is 2.71. The maximum absolute atomic E-state index is 12.1. The first-order valence-electron chi connectivity index (χ1n) is 5.83. The highest BCUT2D eigenvalue weighted by Gasteiger charge is 2.12. The van der Waals surface area contributed by atoms with Crippen molar-refractivity contribution < 1.29 is 4.79 Å². The van der Waals surface area contributed by atoms with Crippen LogP contribution in [-0.4, -0.2) is 10.9 Å². The number of carbonyl (C=O) groups is 1. The molecule has 3 N–H and O–H groups in total. The molecule has 1 atom stereocenters. The molecule has 0 spiro atoms. The van der Waals surface area contributed by atoms with Gasteiger partial charge in [0, 0.05) is 28.1 Å². The van der Waals surface area contributed by atoms with Crippen molar-refractivity contribution in [3.8, 4) is 0 Å². The van der Waals surface area contributed by atoms with E-state index in [2.05, 4.69) is 26.2 Å². The number of halogens is 1. The molecule has 2 rings (SSSR count). The molecule has 1 aromatic heterocycles. The Bertz CT molecular complexity index is 566. The average Bonchev–Trinajstić information content (AvgIpc) is 2.38. The maximum atomic E-state index is 12.1. The number of nitrogens with zero attached hydrogens (tertiary/aromatic N) is 1. The van der Waals surface area contributed by atoms with Crippen LogP contribution in [0.1, 0.15) is 28.9 Å². The third-order valence-corrected chi connectivity index (χ3v) is 3.17. The van der Waals surface area contributed by atoms with E-state index in [1.165, 1.54) is 0 Å². The van der Waals surface area contributed by atoms with Crippen molar-refractivity contribution in [1.29, 1.82) is 0 Å². The molecule has 0 saturated heterocycles. The molecule has 19 heavy (non-hydrogen) atoms. The summed E-state index contributed by atoms with van der Waals surface area (Å²) < 4.78 is 0.784. The molecule has 2 aromatic rings.